The molecule has 0 N–H and O–H groups in total. The molecule has 0 saturated carbocycles. The summed E-state index contributed by atoms with van der Waals surface area (Å²) in [6.45, 7) is 13.4. The second-order valence-corrected chi connectivity index (χ2v) is 14.9. The van der Waals surface area contributed by atoms with Crippen molar-refractivity contribution < 1.29 is 65.0 Å². The summed E-state index contributed by atoms with van der Waals surface area (Å²) < 4.78 is 83.7. The molecule has 14 nitrogen and oxygen atoms in total. The Morgan fingerprint density at radius 2 is 0.820 bits per heavy atom. The Hall–Kier alpha value is 1.76. The van der Waals surface area contributed by atoms with Crippen molar-refractivity contribution in [2.75, 3.05) is 33.0 Å². The fraction of sp³-hybridized carbons (Fsp3) is 0.933. The van der Waals surface area contributed by atoms with Crippen molar-refractivity contribution in [2.45, 2.75) is 121 Å². The summed E-state index contributed by atoms with van der Waals surface area (Å²) in [7, 11) is 13.9. The molecule has 4 aliphatic rings. The van der Waals surface area contributed by atoms with Gasteiger partial charge in [-0.05, 0) is 12.8 Å². The van der Waals surface area contributed by atoms with Gasteiger partial charge in [-0.1, -0.05) is 33.8 Å². The topological polar surface area (TPSA) is 129 Å². The number of ether oxygens (including phenoxy) is 8. The van der Waals surface area contributed by atoms with Crippen LogP contribution in [0.5, 0.6) is 0 Å². The van der Waals surface area contributed by atoms with E-state index in [9.17, 15) is 0 Å². The van der Waals surface area contributed by atoms with Crippen LogP contribution in [0.15, 0.2) is 12.7 Å². The predicted octanol–water partition coefficient (Wildman–Crippen LogP) is 4.15. The summed E-state index contributed by atoms with van der Waals surface area (Å²) in [6, 6.07) is 0. The van der Waals surface area contributed by atoms with Crippen molar-refractivity contribution in [3.63, 3.8) is 0 Å². The van der Waals surface area contributed by atoms with E-state index in [2.05, 4.69) is 70.3 Å². The molecule has 4 rings (SSSR count). The van der Waals surface area contributed by atoms with E-state index in [0.29, 0.717) is 6.61 Å². The summed E-state index contributed by atoms with van der Waals surface area (Å²) >= 11 is 0. The van der Waals surface area contributed by atoms with Gasteiger partial charge in [-0.25, -0.2) is 0 Å². The molecule has 0 bridgehead atoms. The van der Waals surface area contributed by atoms with Crippen LogP contribution in [0.1, 0.15) is 40.5 Å². The van der Waals surface area contributed by atoms with Gasteiger partial charge in [-0.15, -0.1) is 6.58 Å². The minimum atomic E-state index is -0.590. The Bertz CT molecular complexity index is 998. The lowest BCUT2D eigenvalue weighted by molar-refractivity contribution is -0.278. The SMILES string of the molecule is C=CCCCOC1OC(COC2OC(COC3OC(CO[C@@H]4OC(COP)[C@H](OP)[C@H](OP)C4C)C(OP)C3C)C(OP)C2C)C(OP)C1C. The van der Waals surface area contributed by atoms with Gasteiger partial charge in [-0.3, -0.25) is 0 Å². The number of hydrogen-bond acceptors (Lipinski definition) is 14. The first-order valence-corrected chi connectivity index (χ1v) is 19.8. The molecule has 0 aromatic carbocycles. The van der Waals surface area contributed by atoms with E-state index in [0.717, 1.165) is 12.8 Å². The van der Waals surface area contributed by atoms with Crippen LogP contribution < -0.4 is 0 Å². The maximum absolute atomic E-state index is 6.34. The predicted molar refractivity (Wildman–Crippen MR) is 203 cm³/mol. The van der Waals surface area contributed by atoms with Crippen LogP contribution in [0.4, 0.5) is 0 Å². The minimum absolute atomic E-state index is 0.0295. The Balaban J connectivity index is 1.28. The zero-order valence-corrected chi connectivity index (χ0v) is 36.2. The van der Waals surface area contributed by atoms with Crippen LogP contribution in [-0.2, 0) is 65.0 Å². The molecular weight excluding hydrogens is 770 g/mol. The van der Waals surface area contributed by atoms with E-state index >= 15 is 0 Å². The third-order valence-electron chi connectivity index (χ3n) is 9.97. The fourth-order valence-corrected chi connectivity index (χ4v) is 9.23. The van der Waals surface area contributed by atoms with Gasteiger partial charge in [0.2, 0.25) is 0 Å². The molecule has 0 aromatic heterocycles. The van der Waals surface area contributed by atoms with Gasteiger partial charge in [-0.2, -0.15) is 0 Å². The van der Waals surface area contributed by atoms with E-state index in [1.165, 1.54) is 0 Å². The maximum atomic E-state index is 6.34. The smallest absolute Gasteiger partial charge is 0.163 e. The standard InChI is InChI=1S/C30H58O14P6/c1-6-7-8-9-31-27-14(2)22(40-46)18(36-27)10-32-28-15(3)23(41-47)19(37-28)11-33-29-16(4)24(42-48)20(38-29)12-34-30-17(5)25(43-49)26(44-50)21(39-30)13-35-45/h6,14-30H,1,7-13,45-50H2,2-5H3/t14?,15?,16?,17?,18?,19?,20?,21?,22?,23?,24?,25-,26+,27?,28?,29?,30-/m1/s1. The molecule has 0 aliphatic carbocycles. The average Bonchev–Trinajstić information content (AvgIpc) is 3.71. The largest absolute Gasteiger partial charge is 0.363 e. The Morgan fingerprint density at radius 1 is 0.480 bits per heavy atom. The van der Waals surface area contributed by atoms with Gasteiger partial charge < -0.3 is 65.0 Å². The summed E-state index contributed by atoms with van der Waals surface area (Å²) in [5.41, 5.74) is 0. The third-order valence-corrected chi connectivity index (χ3v) is 11.7. The number of hydrogen-bond donors (Lipinski definition) is 0. The first-order valence-electron chi connectivity index (χ1n) is 17.0. The highest BCUT2D eigenvalue weighted by molar-refractivity contribution is 7.10. The Labute approximate surface area is 311 Å². The van der Waals surface area contributed by atoms with E-state index in [1.807, 2.05) is 26.8 Å². The van der Waals surface area contributed by atoms with Crippen LogP contribution >= 0.6 is 56.8 Å². The lowest BCUT2D eigenvalue weighted by Crippen LogP contribution is -2.56. The van der Waals surface area contributed by atoms with Crippen molar-refractivity contribution in [1.29, 1.82) is 0 Å². The van der Waals surface area contributed by atoms with Crippen LogP contribution in [0.2, 0.25) is 0 Å². The molecule has 0 amide bonds. The van der Waals surface area contributed by atoms with Gasteiger partial charge in [0, 0.05) is 80.5 Å². The summed E-state index contributed by atoms with van der Waals surface area (Å²) in [5, 5.41) is 0. The number of unbranched alkanes of at least 4 members (excludes halogenated alkanes) is 1. The molecule has 20 unspecified atom stereocenters. The summed E-state index contributed by atoms with van der Waals surface area (Å²) in [5.74, 6) is -0.316. The zero-order chi connectivity index (χ0) is 36.4. The van der Waals surface area contributed by atoms with Crippen LogP contribution in [0.3, 0.4) is 0 Å². The maximum Gasteiger partial charge on any atom is 0.163 e. The molecule has 0 aromatic rings. The quantitative estimate of drug-likeness (QED) is 0.0934. The molecule has 4 aliphatic heterocycles. The zero-order valence-electron chi connectivity index (χ0n) is 29.2. The molecule has 4 saturated heterocycles. The highest BCUT2D eigenvalue weighted by Crippen LogP contribution is 2.38. The Morgan fingerprint density at radius 3 is 1.16 bits per heavy atom. The monoisotopic (exact) mass is 828 g/mol. The number of allylic oxidation sites excluding steroid dienone is 1. The molecule has 23 atom stereocenters. The average molecular weight is 829 g/mol. The third kappa shape index (κ3) is 11.0. The molecule has 50 heavy (non-hydrogen) atoms. The Kier molecular flexibility index (Phi) is 20.0. The first kappa shape index (κ1) is 44.5. The van der Waals surface area contributed by atoms with Gasteiger partial charge in [0.05, 0.1) is 57.5 Å². The lowest BCUT2D eigenvalue weighted by atomic mass is 9.92. The van der Waals surface area contributed by atoms with Crippen molar-refractivity contribution in [3.8, 4) is 0 Å². The highest BCUT2D eigenvalue weighted by Gasteiger charge is 2.50. The van der Waals surface area contributed by atoms with E-state index in [4.69, 9.17) is 65.0 Å². The van der Waals surface area contributed by atoms with Gasteiger partial charge in [0.1, 0.15) is 30.5 Å². The number of rotatable bonds is 21. The second-order valence-electron chi connectivity index (χ2n) is 13.2. The lowest BCUT2D eigenvalue weighted by Gasteiger charge is -2.44. The fourth-order valence-electron chi connectivity index (χ4n) is 7.03. The van der Waals surface area contributed by atoms with Crippen molar-refractivity contribution >= 4 is 56.8 Å². The summed E-state index contributed by atoms with van der Waals surface area (Å²) in [4.78, 5) is 0. The van der Waals surface area contributed by atoms with Crippen molar-refractivity contribution in [2.24, 2.45) is 23.7 Å². The van der Waals surface area contributed by atoms with Crippen molar-refractivity contribution in [1.82, 2.24) is 0 Å². The first-order chi connectivity index (χ1) is 24.2. The van der Waals surface area contributed by atoms with Crippen LogP contribution in [-0.4, -0.2) is 113 Å². The van der Waals surface area contributed by atoms with Gasteiger partial charge in [0.25, 0.3) is 0 Å². The second kappa shape index (κ2) is 22.5. The van der Waals surface area contributed by atoms with Gasteiger partial charge >= 0.3 is 0 Å². The van der Waals surface area contributed by atoms with Crippen LogP contribution in [0, 0.1) is 23.7 Å². The van der Waals surface area contributed by atoms with E-state index in [1.54, 1.807) is 0 Å². The van der Waals surface area contributed by atoms with Gasteiger partial charge in [0.15, 0.2) is 25.2 Å². The molecule has 4 fully saturated rings. The van der Waals surface area contributed by atoms with Crippen molar-refractivity contribution in [3.05, 3.63) is 12.7 Å². The van der Waals surface area contributed by atoms with Crippen LogP contribution in [0.25, 0.3) is 0 Å². The van der Waals surface area contributed by atoms with E-state index < -0.39 is 37.2 Å². The molecular formula is C30H58O14P6. The molecule has 0 radical (unpaired) electrons. The molecule has 0 spiro atoms. The normalized spacial score (nSPS) is 43.5. The summed E-state index contributed by atoms with van der Waals surface area (Å²) in [6.07, 6.45) is -1.47. The molecule has 4 heterocycles. The van der Waals surface area contributed by atoms with E-state index in [-0.39, 0.29) is 93.0 Å². The minimum Gasteiger partial charge on any atom is -0.363 e. The molecule has 20 heteroatoms. The highest BCUT2D eigenvalue weighted by atomic mass is 31.0. The molecule has 292 valence electrons.